The molecule has 0 aliphatic rings. The molecule has 4 aromatic rings. The Bertz CT molecular complexity index is 1350. The first-order valence-electron chi connectivity index (χ1n) is 13.8. The van der Waals surface area contributed by atoms with Gasteiger partial charge in [0.05, 0.1) is 15.8 Å². The molecule has 0 aliphatic heterocycles. The standard InChI is InChI=1S/C13H19ClN4OSi.C9H19BN2O3Si.C4H2BrClN2.CH4.CH3/c1-20(2,3)7-6-19-10-18-12(4-5-17-18)11-8-15-13(14)16-9-11;1-16(2,3)7-6-15-8-12-9(10(13)14)4-5-11-12;5-3-1-7-4(6)8-2-3;;/h4-5,8-9H,6-7,10H2,1-3H3;4-5,13-14H,6-8H2,1-3H3;1-2H;1H4;1H3/q;;;;-1. The summed E-state index contributed by atoms with van der Waals surface area (Å²) < 4.78 is 15.3. The maximum absolute atomic E-state index is 9.03. The molecule has 4 rings (SSSR count). The molecule has 4 aromatic heterocycles. The maximum Gasteiger partial charge on any atom is 0.507 e. The zero-order chi connectivity index (χ0) is 32.8. The second-order valence-corrected chi connectivity index (χ2v) is 24.8. The lowest BCUT2D eigenvalue weighted by molar-refractivity contribution is 0.0798. The van der Waals surface area contributed by atoms with Crippen LogP contribution in [0.15, 0.2) is 53.8 Å². The lowest BCUT2D eigenvalue weighted by Crippen LogP contribution is -2.37. The minimum atomic E-state index is -1.50. The first-order chi connectivity index (χ1) is 20.6. The Hall–Kier alpha value is -2.02. The molecule has 18 heteroatoms. The van der Waals surface area contributed by atoms with Crippen molar-refractivity contribution in [3.63, 3.8) is 0 Å². The second kappa shape index (κ2) is 21.8. The van der Waals surface area contributed by atoms with Crippen LogP contribution >= 0.6 is 39.1 Å². The molecule has 0 unspecified atom stereocenters. The van der Waals surface area contributed by atoms with Crippen molar-refractivity contribution in [1.29, 1.82) is 0 Å². The van der Waals surface area contributed by atoms with Gasteiger partial charge in [0, 0.05) is 72.1 Å². The molecule has 46 heavy (non-hydrogen) atoms. The molecule has 0 aliphatic carbocycles. The van der Waals surface area contributed by atoms with Crippen LogP contribution in [0.3, 0.4) is 0 Å². The maximum atomic E-state index is 9.03. The van der Waals surface area contributed by atoms with Gasteiger partial charge in [-0.25, -0.2) is 29.3 Å². The van der Waals surface area contributed by atoms with E-state index in [9.17, 15) is 0 Å². The number of hydrogen-bond donors (Lipinski definition) is 2. The normalized spacial score (nSPS) is 10.8. The van der Waals surface area contributed by atoms with Crippen molar-refractivity contribution in [3.05, 3.63) is 71.8 Å². The van der Waals surface area contributed by atoms with Crippen LogP contribution < -0.4 is 5.59 Å². The fraction of sp³-hybridized carbons (Fsp3) is 0.464. The average Bonchev–Trinajstić information content (AvgIpc) is 3.61. The molecule has 0 atom stereocenters. The van der Waals surface area contributed by atoms with E-state index in [-0.39, 0.29) is 32.2 Å². The lowest BCUT2D eigenvalue weighted by atomic mass is 9.86. The molecule has 0 aromatic carbocycles. The van der Waals surface area contributed by atoms with Gasteiger partial charge in [-0.3, -0.25) is 0 Å². The van der Waals surface area contributed by atoms with Crippen molar-refractivity contribution in [2.45, 2.75) is 72.3 Å². The van der Waals surface area contributed by atoms with Crippen LogP contribution in [-0.4, -0.2) is 86.0 Å². The van der Waals surface area contributed by atoms with E-state index in [1.54, 1.807) is 41.7 Å². The van der Waals surface area contributed by atoms with Gasteiger partial charge < -0.3 is 26.9 Å². The number of halogens is 3. The van der Waals surface area contributed by atoms with E-state index < -0.39 is 23.3 Å². The van der Waals surface area contributed by atoms with E-state index in [1.165, 1.54) is 10.9 Å². The third-order valence-corrected chi connectivity index (χ3v) is 9.86. The van der Waals surface area contributed by atoms with Gasteiger partial charge in [0.15, 0.2) is 0 Å². The van der Waals surface area contributed by atoms with E-state index in [2.05, 4.69) is 85.3 Å². The van der Waals surface area contributed by atoms with Crippen LogP contribution in [0.5, 0.6) is 0 Å². The van der Waals surface area contributed by atoms with Crippen LogP contribution in [0.1, 0.15) is 7.43 Å². The van der Waals surface area contributed by atoms with Gasteiger partial charge in [0.2, 0.25) is 10.6 Å². The predicted molar refractivity (Wildman–Crippen MR) is 196 cm³/mol. The highest BCUT2D eigenvalue weighted by molar-refractivity contribution is 9.10. The fourth-order valence-electron chi connectivity index (χ4n) is 3.15. The second-order valence-electron chi connectivity index (χ2n) is 12.0. The smallest absolute Gasteiger partial charge is 0.422 e. The highest BCUT2D eigenvalue weighted by Gasteiger charge is 2.17. The summed E-state index contributed by atoms with van der Waals surface area (Å²) in [7, 11) is -3.62. The van der Waals surface area contributed by atoms with E-state index in [4.69, 9.17) is 42.7 Å². The van der Waals surface area contributed by atoms with Crippen LogP contribution in [0.2, 0.25) is 61.9 Å². The highest BCUT2D eigenvalue weighted by Crippen LogP contribution is 2.18. The molecule has 256 valence electrons. The molecule has 0 radical (unpaired) electrons. The topological polar surface area (TPSA) is 146 Å². The summed E-state index contributed by atoms with van der Waals surface area (Å²) in [5, 5.41) is 26.8. The van der Waals surface area contributed by atoms with Gasteiger partial charge in [0.1, 0.15) is 13.5 Å². The molecular weight excluding hydrogens is 730 g/mol. The van der Waals surface area contributed by atoms with Gasteiger partial charge >= 0.3 is 7.12 Å². The minimum Gasteiger partial charge on any atom is -0.422 e. The highest BCUT2D eigenvalue weighted by atomic mass is 79.9. The number of nitrogens with zero attached hydrogens (tertiary/aromatic N) is 8. The van der Waals surface area contributed by atoms with Crippen LogP contribution in [0, 0.1) is 7.43 Å². The predicted octanol–water partition coefficient (Wildman–Crippen LogP) is 6.16. The largest absolute Gasteiger partial charge is 0.507 e. The third kappa shape index (κ3) is 18.4. The van der Waals surface area contributed by atoms with Gasteiger partial charge in [-0.1, -0.05) is 46.7 Å². The van der Waals surface area contributed by atoms with Crippen LogP contribution in [0.25, 0.3) is 11.3 Å². The van der Waals surface area contributed by atoms with E-state index in [0.717, 1.165) is 34.4 Å². The Balaban J connectivity index is 0.000000698. The molecule has 12 nitrogen and oxygen atoms in total. The molecule has 4 heterocycles. The number of aromatic nitrogens is 8. The number of rotatable bonds is 12. The Labute approximate surface area is 294 Å². The number of ether oxygens (including phenoxy) is 2. The van der Waals surface area contributed by atoms with Crippen molar-refractivity contribution in [2.24, 2.45) is 0 Å². The summed E-state index contributed by atoms with van der Waals surface area (Å²) in [5.41, 5.74) is 2.16. The van der Waals surface area contributed by atoms with Gasteiger partial charge in [-0.2, -0.15) is 10.2 Å². The van der Waals surface area contributed by atoms with Crippen molar-refractivity contribution in [3.8, 4) is 11.3 Å². The molecule has 0 saturated carbocycles. The molecule has 0 bridgehead atoms. The molecule has 0 spiro atoms. The minimum absolute atomic E-state index is 0. The molecular formula is C28H47BBrCl2N8O4Si2-. The molecule has 2 N–H and O–H groups in total. The number of hydrogen-bond acceptors (Lipinski definition) is 10. The third-order valence-electron chi connectivity index (χ3n) is 5.66. The monoisotopic (exact) mass is 775 g/mol. The average molecular weight is 778 g/mol. The molecule has 0 fully saturated rings. The molecule has 0 saturated heterocycles. The Morgan fingerprint density at radius 2 is 1.20 bits per heavy atom. The van der Waals surface area contributed by atoms with Gasteiger partial charge in [-0.05, 0) is 63.4 Å². The van der Waals surface area contributed by atoms with Gasteiger partial charge in [-0.15, -0.1) is 0 Å². The van der Waals surface area contributed by atoms with E-state index >= 15 is 0 Å². The van der Waals surface area contributed by atoms with Crippen molar-refractivity contribution in [2.75, 3.05) is 13.2 Å². The summed E-state index contributed by atoms with van der Waals surface area (Å²) >= 11 is 14.2. The zero-order valence-electron chi connectivity index (χ0n) is 26.9. The quantitative estimate of drug-likeness (QED) is 0.0743. The lowest BCUT2D eigenvalue weighted by Gasteiger charge is -2.15. The summed E-state index contributed by atoms with van der Waals surface area (Å²) in [6.07, 6.45) is 9.82. The fourth-order valence-corrected chi connectivity index (χ4v) is 5.06. The zero-order valence-corrected chi connectivity index (χ0v) is 32.0. The first kappa shape index (κ1) is 44.0. The van der Waals surface area contributed by atoms with E-state index in [1.807, 2.05) is 6.07 Å². The Kier molecular flexibility index (Phi) is 20.8. The summed E-state index contributed by atoms with van der Waals surface area (Å²) in [4.78, 5) is 15.3. The summed E-state index contributed by atoms with van der Waals surface area (Å²) in [6, 6.07) is 5.71. The van der Waals surface area contributed by atoms with Crippen molar-refractivity contribution in [1.82, 2.24) is 39.5 Å². The van der Waals surface area contributed by atoms with Gasteiger partial charge in [0.25, 0.3) is 0 Å². The Morgan fingerprint density at radius 1 is 0.761 bits per heavy atom. The summed E-state index contributed by atoms with van der Waals surface area (Å²) in [6.45, 7) is 16.0. The molecule has 0 amide bonds. The van der Waals surface area contributed by atoms with E-state index in [0.29, 0.717) is 18.9 Å². The van der Waals surface area contributed by atoms with Crippen LogP contribution in [-0.2, 0) is 22.9 Å². The van der Waals surface area contributed by atoms with Crippen LogP contribution in [0.4, 0.5) is 0 Å². The van der Waals surface area contributed by atoms with Crippen molar-refractivity contribution < 1.29 is 19.5 Å². The SMILES string of the molecule is C.C[Si](C)(C)CCOCn1nccc1-c1cnc(Cl)nc1.C[Si](C)(C)CCOCn1nccc1B(O)O.Clc1ncc(Br)cn1.[CH3-]. The Morgan fingerprint density at radius 3 is 1.65 bits per heavy atom. The van der Waals surface area contributed by atoms with Crippen molar-refractivity contribution >= 4 is 68.0 Å². The first-order valence-corrected chi connectivity index (χ1v) is 22.8. The summed E-state index contributed by atoms with van der Waals surface area (Å²) in [5.74, 6) is 0.